The van der Waals surface area contributed by atoms with Gasteiger partial charge < -0.3 is 9.64 Å². The number of carbonyl (C=O) groups excluding carboxylic acids is 2. The number of nitrogens with zero attached hydrogens (tertiary/aromatic N) is 2. The third kappa shape index (κ3) is 4.70. The smallest absolute Gasteiger partial charge is 0.340 e. The largest absolute Gasteiger partial charge is 0.452 e. The van der Waals surface area contributed by atoms with Crippen LogP contribution in [0.4, 0.5) is 5.69 Å². The third-order valence-electron chi connectivity index (χ3n) is 4.02. The number of hydrogen-bond donors (Lipinski definition) is 0. The SMILES string of the molecule is CCN(C(=O)COC(=O)c1ccc([N+](=O)[O-])cc1Cl)[C@@H]1CCS(=O)(=O)C1. The second kappa shape index (κ2) is 8.00. The molecule has 0 spiro atoms. The number of amides is 1. The Morgan fingerprint density at radius 3 is 2.62 bits per heavy atom. The van der Waals surface area contributed by atoms with E-state index in [9.17, 15) is 28.1 Å². The average Bonchev–Trinajstić information content (AvgIpc) is 2.92. The average molecular weight is 405 g/mol. The minimum absolute atomic E-state index is 0.0274. The number of nitro benzene ring substituents is 1. The van der Waals surface area contributed by atoms with Crippen LogP contribution in [0.15, 0.2) is 18.2 Å². The van der Waals surface area contributed by atoms with Crippen LogP contribution in [0.25, 0.3) is 0 Å². The number of benzene rings is 1. The summed E-state index contributed by atoms with van der Waals surface area (Å²) in [5, 5.41) is 10.5. The Morgan fingerprint density at radius 2 is 2.12 bits per heavy atom. The van der Waals surface area contributed by atoms with Crippen LogP contribution in [0.5, 0.6) is 0 Å². The molecule has 1 amide bonds. The molecule has 1 aliphatic rings. The van der Waals surface area contributed by atoms with E-state index in [4.69, 9.17) is 16.3 Å². The van der Waals surface area contributed by atoms with E-state index in [0.717, 1.165) is 18.2 Å². The molecule has 1 heterocycles. The predicted molar refractivity (Wildman–Crippen MR) is 92.8 cm³/mol. The van der Waals surface area contributed by atoms with Crippen molar-refractivity contribution < 1.29 is 27.7 Å². The lowest BCUT2D eigenvalue weighted by Gasteiger charge is -2.26. The number of likely N-dealkylation sites (N-methyl/N-ethyl adjacent to an activating group) is 1. The molecule has 0 aromatic heterocycles. The fourth-order valence-corrected chi connectivity index (χ4v) is 4.71. The number of hydrogen-bond acceptors (Lipinski definition) is 7. The molecular formula is C15H17ClN2O7S. The van der Waals surface area contributed by atoms with E-state index in [1.807, 2.05) is 0 Å². The van der Waals surface area contributed by atoms with Crippen molar-refractivity contribution in [1.82, 2.24) is 4.90 Å². The lowest BCUT2D eigenvalue weighted by Crippen LogP contribution is -2.43. The number of esters is 1. The molecular weight excluding hydrogens is 388 g/mol. The van der Waals surface area contributed by atoms with Crippen LogP contribution in [0.2, 0.25) is 5.02 Å². The molecule has 26 heavy (non-hydrogen) atoms. The Bertz CT molecular complexity index is 840. The Morgan fingerprint density at radius 1 is 1.42 bits per heavy atom. The number of rotatable bonds is 6. The second-order valence-electron chi connectivity index (χ2n) is 5.73. The molecule has 0 N–H and O–H groups in total. The zero-order valence-electron chi connectivity index (χ0n) is 13.9. The van der Waals surface area contributed by atoms with Gasteiger partial charge in [-0.25, -0.2) is 13.2 Å². The van der Waals surface area contributed by atoms with Gasteiger partial charge in [-0.15, -0.1) is 0 Å². The van der Waals surface area contributed by atoms with Crippen LogP contribution < -0.4 is 0 Å². The van der Waals surface area contributed by atoms with Crippen molar-refractivity contribution in [3.63, 3.8) is 0 Å². The molecule has 1 aromatic rings. The topological polar surface area (TPSA) is 124 Å². The standard InChI is InChI=1S/C15H17ClN2O7S/c1-2-17(11-5-6-26(23,24)9-11)14(19)8-25-15(20)12-4-3-10(18(21)22)7-13(12)16/h3-4,7,11H,2,5-6,8-9H2,1H3/t11-/m1/s1. The number of nitro groups is 1. The number of carbonyl (C=O) groups is 2. The Balaban J connectivity index is 2.00. The van der Waals surface area contributed by atoms with Crippen LogP contribution in [0.1, 0.15) is 23.7 Å². The Labute approximate surface area is 154 Å². The van der Waals surface area contributed by atoms with E-state index in [0.29, 0.717) is 6.42 Å². The van der Waals surface area contributed by atoms with Gasteiger partial charge in [0.25, 0.3) is 11.6 Å². The summed E-state index contributed by atoms with van der Waals surface area (Å²) in [5.41, 5.74) is -0.376. The molecule has 0 saturated carbocycles. The van der Waals surface area contributed by atoms with Gasteiger partial charge in [-0.2, -0.15) is 0 Å². The van der Waals surface area contributed by atoms with Crippen molar-refractivity contribution in [3.8, 4) is 0 Å². The summed E-state index contributed by atoms with van der Waals surface area (Å²) >= 11 is 5.84. The highest BCUT2D eigenvalue weighted by atomic mass is 35.5. The lowest BCUT2D eigenvalue weighted by molar-refractivity contribution is -0.384. The van der Waals surface area contributed by atoms with Gasteiger partial charge in [0.15, 0.2) is 16.4 Å². The monoisotopic (exact) mass is 404 g/mol. The molecule has 11 heteroatoms. The molecule has 1 fully saturated rings. The summed E-state index contributed by atoms with van der Waals surface area (Å²) in [4.78, 5) is 35.7. The molecule has 0 radical (unpaired) electrons. The maximum absolute atomic E-state index is 12.3. The van der Waals surface area contributed by atoms with Gasteiger partial charge in [-0.1, -0.05) is 11.6 Å². The van der Waals surface area contributed by atoms with E-state index >= 15 is 0 Å². The number of ether oxygens (including phenoxy) is 1. The fourth-order valence-electron chi connectivity index (χ4n) is 2.73. The molecule has 142 valence electrons. The summed E-state index contributed by atoms with van der Waals surface area (Å²) in [5.74, 6) is -1.48. The van der Waals surface area contributed by atoms with Crippen LogP contribution in [-0.4, -0.2) is 60.8 Å². The third-order valence-corrected chi connectivity index (χ3v) is 6.08. The summed E-state index contributed by atoms with van der Waals surface area (Å²) in [6, 6.07) is 2.83. The molecule has 1 saturated heterocycles. The van der Waals surface area contributed by atoms with Gasteiger partial charge in [-0.3, -0.25) is 14.9 Å². The number of non-ortho nitro benzene ring substituents is 1. The van der Waals surface area contributed by atoms with Gasteiger partial charge in [0.1, 0.15) is 0 Å². The molecule has 0 bridgehead atoms. The van der Waals surface area contributed by atoms with Crippen LogP contribution in [-0.2, 0) is 19.4 Å². The van der Waals surface area contributed by atoms with Crippen molar-refractivity contribution in [3.05, 3.63) is 38.9 Å². The van der Waals surface area contributed by atoms with Crippen LogP contribution in [0.3, 0.4) is 0 Å². The maximum Gasteiger partial charge on any atom is 0.340 e. The Hall–Kier alpha value is -2.20. The lowest BCUT2D eigenvalue weighted by atomic mass is 10.2. The second-order valence-corrected chi connectivity index (χ2v) is 8.37. The van der Waals surface area contributed by atoms with Gasteiger partial charge in [0, 0.05) is 24.7 Å². The zero-order valence-corrected chi connectivity index (χ0v) is 15.5. The maximum atomic E-state index is 12.3. The summed E-state index contributed by atoms with van der Waals surface area (Å²) in [7, 11) is -3.15. The highest BCUT2D eigenvalue weighted by Gasteiger charge is 2.34. The van der Waals surface area contributed by atoms with E-state index in [1.54, 1.807) is 6.92 Å². The van der Waals surface area contributed by atoms with Gasteiger partial charge in [0.05, 0.1) is 27.0 Å². The minimum Gasteiger partial charge on any atom is -0.452 e. The zero-order chi connectivity index (χ0) is 19.5. The molecule has 1 aromatic carbocycles. The first-order valence-electron chi connectivity index (χ1n) is 7.75. The van der Waals surface area contributed by atoms with Gasteiger partial charge in [-0.05, 0) is 19.4 Å². The fraction of sp³-hybridized carbons (Fsp3) is 0.467. The highest BCUT2D eigenvalue weighted by Crippen LogP contribution is 2.23. The highest BCUT2D eigenvalue weighted by molar-refractivity contribution is 7.91. The quantitative estimate of drug-likeness (QED) is 0.399. The van der Waals surface area contributed by atoms with Crippen molar-refractivity contribution in [1.29, 1.82) is 0 Å². The van der Waals surface area contributed by atoms with E-state index in [1.165, 1.54) is 4.90 Å². The van der Waals surface area contributed by atoms with Gasteiger partial charge >= 0.3 is 5.97 Å². The van der Waals surface area contributed by atoms with Crippen molar-refractivity contribution in [2.24, 2.45) is 0 Å². The first-order valence-corrected chi connectivity index (χ1v) is 9.95. The number of halogens is 1. The van der Waals surface area contributed by atoms with Gasteiger partial charge in [0.2, 0.25) is 0 Å². The summed E-state index contributed by atoms with van der Waals surface area (Å²) < 4.78 is 28.1. The predicted octanol–water partition coefficient (Wildman–Crippen LogP) is 1.44. The van der Waals surface area contributed by atoms with Crippen LogP contribution >= 0.6 is 11.6 Å². The Kier molecular flexibility index (Phi) is 6.19. The van der Waals surface area contributed by atoms with E-state index < -0.39 is 39.3 Å². The summed E-state index contributed by atoms with van der Waals surface area (Å²) in [6.07, 6.45) is 0.351. The van der Waals surface area contributed by atoms with E-state index in [-0.39, 0.29) is 34.3 Å². The molecule has 9 nitrogen and oxygen atoms in total. The van der Waals surface area contributed by atoms with Crippen molar-refractivity contribution in [2.75, 3.05) is 24.7 Å². The molecule has 0 aliphatic carbocycles. The van der Waals surface area contributed by atoms with E-state index in [2.05, 4.69) is 0 Å². The van der Waals surface area contributed by atoms with Crippen LogP contribution in [0, 0.1) is 10.1 Å². The molecule has 2 rings (SSSR count). The van der Waals surface area contributed by atoms with Crippen molar-refractivity contribution in [2.45, 2.75) is 19.4 Å². The normalized spacial score (nSPS) is 18.3. The molecule has 1 aliphatic heterocycles. The minimum atomic E-state index is -3.15. The first-order chi connectivity index (χ1) is 12.1. The molecule has 1 atom stereocenters. The number of sulfone groups is 1. The molecule has 0 unspecified atom stereocenters. The van der Waals surface area contributed by atoms with Crippen molar-refractivity contribution >= 4 is 39.0 Å². The first kappa shape index (κ1) is 20.1. The summed E-state index contributed by atoms with van der Waals surface area (Å²) in [6.45, 7) is 1.42.